The summed E-state index contributed by atoms with van der Waals surface area (Å²) in [5, 5.41) is 2.51. The van der Waals surface area contributed by atoms with Gasteiger partial charge in [-0.15, -0.1) is 0 Å². The topological polar surface area (TPSA) is 0 Å². The van der Waals surface area contributed by atoms with E-state index in [1.807, 2.05) is 0 Å². The van der Waals surface area contributed by atoms with Gasteiger partial charge in [0.1, 0.15) is 0 Å². The van der Waals surface area contributed by atoms with Gasteiger partial charge in [0.15, 0.2) is 0 Å². The standard InChI is InChI=1S/C21H25.C20H15.C2H4.2ClH.Zr/c1-20(2,3)16-7-9-18-14(12-16)11-15-13-17(21(4,5)6)8-10-19(15)18;1-14-12-16-8-5-11-19(20(16)13-14)18-10-4-7-15-6-2-3-9-17(15)18;1-2;;;/h7-13H,1-6H3;2-13H,1H3;1H,2H3;2*1H;/q;;;;;+2/p-2. The number of benzene rings is 5. The van der Waals surface area contributed by atoms with Crippen LogP contribution in [0.15, 0.2) is 103 Å². The normalized spacial score (nSPS) is 16.7. The van der Waals surface area contributed by atoms with Crippen LogP contribution in [0.3, 0.4) is 0 Å². The fourth-order valence-electron chi connectivity index (χ4n) is 8.27. The molecule has 0 aromatic heterocycles. The monoisotopic (exact) mass is 720 g/mol. The minimum atomic E-state index is -5.05. The second-order valence-electron chi connectivity index (χ2n) is 15.7. The summed E-state index contributed by atoms with van der Waals surface area (Å²) in [4.78, 5) is 0. The predicted octanol–water partition coefficient (Wildman–Crippen LogP) is 13.1. The van der Waals surface area contributed by atoms with Crippen molar-refractivity contribution in [2.24, 2.45) is 0 Å². The summed E-state index contributed by atoms with van der Waals surface area (Å²) < 4.78 is 2.19. The van der Waals surface area contributed by atoms with Crippen molar-refractivity contribution in [1.82, 2.24) is 0 Å². The second kappa shape index (κ2) is 10.7. The van der Waals surface area contributed by atoms with Crippen molar-refractivity contribution in [1.29, 1.82) is 0 Å². The van der Waals surface area contributed by atoms with E-state index >= 15 is 0 Å². The molecule has 7 rings (SSSR count). The molecule has 1 unspecified atom stereocenters. The van der Waals surface area contributed by atoms with E-state index in [-0.39, 0.29) is 18.1 Å². The Hall–Kier alpha value is -2.57. The molecule has 0 radical (unpaired) electrons. The molecular weight excluding hydrogens is 679 g/mol. The number of hydrogen-bond acceptors (Lipinski definition) is 0. The molecule has 3 heteroatoms. The number of fused-ring (bicyclic) bond motifs is 5. The SMILES string of the molecule is C[CH]=[Zr]([Cl])([Cl])([CH]1C(C)=Cc2c(-c3cccc4ccccc34)cccc21)[CH]1c2cc(C(C)(C)C)ccc2-c2ccc(C(C)(C)C)cc21. The molecule has 0 N–H and O–H groups in total. The van der Waals surface area contributed by atoms with Crippen molar-refractivity contribution in [3.63, 3.8) is 0 Å². The molecule has 1 atom stereocenters. The van der Waals surface area contributed by atoms with Crippen molar-refractivity contribution >= 4 is 37.6 Å². The van der Waals surface area contributed by atoms with Gasteiger partial charge in [0.05, 0.1) is 0 Å². The van der Waals surface area contributed by atoms with Crippen LogP contribution in [0.1, 0.15) is 96.0 Å². The quantitative estimate of drug-likeness (QED) is 0.174. The molecule has 234 valence electrons. The van der Waals surface area contributed by atoms with Crippen LogP contribution in [0.25, 0.3) is 39.1 Å². The summed E-state index contributed by atoms with van der Waals surface area (Å²) in [5.41, 5.74) is 14.1. The Balaban J connectivity index is 1.50. The van der Waals surface area contributed by atoms with Crippen molar-refractivity contribution in [3.05, 3.63) is 136 Å². The average molecular weight is 723 g/mol. The molecule has 0 spiro atoms. The van der Waals surface area contributed by atoms with Gasteiger partial charge in [-0.05, 0) is 0 Å². The first-order valence-corrected chi connectivity index (χ1v) is 27.2. The van der Waals surface area contributed by atoms with Gasteiger partial charge in [-0.25, -0.2) is 0 Å². The van der Waals surface area contributed by atoms with Crippen molar-refractivity contribution in [3.8, 4) is 22.3 Å². The number of rotatable bonds is 3. The summed E-state index contributed by atoms with van der Waals surface area (Å²) in [6, 6.07) is 36.2. The Kier molecular flexibility index (Phi) is 7.46. The third-order valence-electron chi connectivity index (χ3n) is 10.8. The summed E-state index contributed by atoms with van der Waals surface area (Å²) in [7, 11) is 17.0. The molecule has 5 aromatic carbocycles. The molecule has 0 fully saturated rings. The van der Waals surface area contributed by atoms with Crippen LogP contribution in [-0.2, 0) is 26.7 Å². The van der Waals surface area contributed by atoms with Gasteiger partial charge in [0.25, 0.3) is 0 Å². The molecule has 0 saturated carbocycles. The van der Waals surface area contributed by atoms with E-state index in [4.69, 9.17) is 17.0 Å². The van der Waals surface area contributed by atoms with Crippen LogP contribution in [0.2, 0.25) is 0 Å². The average Bonchev–Trinajstić information content (AvgIpc) is 3.54. The van der Waals surface area contributed by atoms with Crippen molar-refractivity contribution in [2.75, 3.05) is 0 Å². The van der Waals surface area contributed by atoms with E-state index in [0.29, 0.717) is 0 Å². The van der Waals surface area contributed by atoms with Crippen LogP contribution >= 0.6 is 17.0 Å². The van der Waals surface area contributed by atoms with Gasteiger partial charge in [-0.3, -0.25) is 0 Å². The fourth-order valence-corrected chi connectivity index (χ4v) is 25.5. The Morgan fingerprint density at radius 3 is 1.72 bits per heavy atom. The molecule has 0 heterocycles. The summed E-state index contributed by atoms with van der Waals surface area (Å²) in [6.07, 6.45) is 2.38. The number of allylic oxidation sites excluding steroid dienone is 1. The zero-order valence-corrected chi connectivity index (χ0v) is 32.3. The molecule has 0 amide bonds. The molecular formula is C43H44Cl2Zr. The first-order chi connectivity index (χ1) is 21.6. The minimum absolute atomic E-state index is 0.00786. The maximum atomic E-state index is 8.48. The molecule has 0 saturated heterocycles. The van der Waals surface area contributed by atoms with Gasteiger partial charge in [0, 0.05) is 0 Å². The predicted molar refractivity (Wildman–Crippen MR) is 200 cm³/mol. The zero-order chi connectivity index (χ0) is 32.8. The van der Waals surface area contributed by atoms with Gasteiger partial charge in [-0.2, -0.15) is 0 Å². The molecule has 2 aliphatic carbocycles. The van der Waals surface area contributed by atoms with Gasteiger partial charge < -0.3 is 0 Å². The number of halogens is 2. The van der Waals surface area contributed by atoms with E-state index < -0.39 is 15.9 Å². The first-order valence-electron chi connectivity index (χ1n) is 16.6. The van der Waals surface area contributed by atoms with Crippen molar-refractivity contribution in [2.45, 2.75) is 73.5 Å². The zero-order valence-electron chi connectivity index (χ0n) is 28.3. The Bertz CT molecular complexity index is 2090. The van der Waals surface area contributed by atoms with Gasteiger partial charge >= 0.3 is 285 Å². The Labute approximate surface area is 283 Å². The van der Waals surface area contributed by atoms with Crippen LogP contribution in [-0.4, -0.2) is 3.71 Å². The Morgan fingerprint density at radius 1 is 0.587 bits per heavy atom. The van der Waals surface area contributed by atoms with Gasteiger partial charge in [-0.1, -0.05) is 0 Å². The van der Waals surface area contributed by atoms with Crippen LogP contribution in [0, 0.1) is 0 Å². The van der Waals surface area contributed by atoms with E-state index in [2.05, 4.69) is 162 Å². The van der Waals surface area contributed by atoms with E-state index in [9.17, 15) is 0 Å². The Morgan fingerprint density at radius 2 is 1.13 bits per heavy atom. The van der Waals surface area contributed by atoms with E-state index in [1.165, 1.54) is 72.0 Å². The molecule has 2 aliphatic rings. The summed E-state index contributed by atoms with van der Waals surface area (Å²) in [6.45, 7) is 18.1. The molecule has 0 nitrogen and oxygen atoms in total. The molecule has 5 aromatic rings. The molecule has 0 bridgehead atoms. The van der Waals surface area contributed by atoms with Gasteiger partial charge in [0.2, 0.25) is 0 Å². The van der Waals surface area contributed by atoms with E-state index in [0.717, 1.165) is 0 Å². The fraction of sp³-hybridized carbons (Fsp3) is 0.279. The van der Waals surface area contributed by atoms with Crippen LogP contribution < -0.4 is 0 Å². The van der Waals surface area contributed by atoms with Crippen LogP contribution in [0.5, 0.6) is 0 Å². The third kappa shape index (κ3) is 4.83. The molecule has 0 aliphatic heterocycles. The van der Waals surface area contributed by atoms with Crippen LogP contribution in [0.4, 0.5) is 0 Å². The number of hydrogen-bond donors (Lipinski definition) is 0. The summed E-state index contributed by atoms with van der Waals surface area (Å²) >= 11 is -5.05. The third-order valence-corrected chi connectivity index (χ3v) is 30.1. The first kappa shape index (κ1) is 32.0. The van der Waals surface area contributed by atoms with Crippen molar-refractivity contribution < 1.29 is 15.9 Å². The second-order valence-corrected chi connectivity index (χ2v) is 37.1. The van der Waals surface area contributed by atoms with E-state index in [1.54, 1.807) is 0 Å². The summed E-state index contributed by atoms with van der Waals surface area (Å²) in [5.74, 6) is 0. The maximum absolute atomic E-state index is 8.48. The molecule has 46 heavy (non-hydrogen) atoms.